The number of halogens is 1. The summed E-state index contributed by atoms with van der Waals surface area (Å²) in [7, 11) is 0. The standard InChI is InChI=1S/C9H5FN2O2/c10-8-4-11-9(13)7-3-5(12-14)1-2-6(7)8/h1-4H,(H,11,13). The van der Waals surface area contributed by atoms with Crippen molar-refractivity contribution in [2.45, 2.75) is 0 Å². The molecule has 0 unspecified atom stereocenters. The van der Waals surface area contributed by atoms with E-state index in [9.17, 15) is 14.1 Å². The molecular weight excluding hydrogens is 187 g/mol. The molecule has 0 spiro atoms. The van der Waals surface area contributed by atoms with Gasteiger partial charge in [0.1, 0.15) is 11.5 Å². The molecule has 2 rings (SSSR count). The van der Waals surface area contributed by atoms with Crippen molar-refractivity contribution in [3.05, 3.63) is 45.5 Å². The van der Waals surface area contributed by atoms with E-state index in [0.717, 1.165) is 6.20 Å². The second kappa shape index (κ2) is 3.02. The maximum absolute atomic E-state index is 13.1. The fraction of sp³-hybridized carbons (Fsp3) is 0. The van der Waals surface area contributed by atoms with E-state index in [2.05, 4.69) is 10.2 Å². The molecule has 5 heteroatoms. The number of aromatic nitrogens is 1. The van der Waals surface area contributed by atoms with Gasteiger partial charge in [0, 0.05) is 11.6 Å². The minimum absolute atomic E-state index is 0.105. The second-order valence-electron chi connectivity index (χ2n) is 2.79. The number of rotatable bonds is 1. The SMILES string of the molecule is O=Nc1ccc2c(F)c[nH]c(=O)c2c1. The first-order valence-corrected chi connectivity index (χ1v) is 3.86. The van der Waals surface area contributed by atoms with Crippen LogP contribution in [0.4, 0.5) is 10.1 Å². The van der Waals surface area contributed by atoms with Crippen LogP contribution < -0.4 is 5.56 Å². The summed E-state index contributed by atoms with van der Waals surface area (Å²) in [6.07, 6.45) is 0.985. The molecule has 1 N–H and O–H groups in total. The molecule has 70 valence electrons. The van der Waals surface area contributed by atoms with E-state index in [4.69, 9.17) is 0 Å². The lowest BCUT2D eigenvalue weighted by Gasteiger charge is -1.97. The molecule has 0 aliphatic rings. The zero-order valence-electron chi connectivity index (χ0n) is 6.95. The lowest BCUT2D eigenvalue weighted by atomic mass is 10.1. The number of fused-ring (bicyclic) bond motifs is 1. The molecule has 0 atom stereocenters. The van der Waals surface area contributed by atoms with E-state index in [1.807, 2.05) is 0 Å². The van der Waals surface area contributed by atoms with Gasteiger partial charge in [-0.25, -0.2) is 4.39 Å². The van der Waals surface area contributed by atoms with Crippen molar-refractivity contribution >= 4 is 16.5 Å². The summed E-state index contributed by atoms with van der Waals surface area (Å²) in [6.45, 7) is 0. The number of pyridine rings is 1. The summed E-state index contributed by atoms with van der Waals surface area (Å²) in [5.74, 6) is -0.531. The minimum atomic E-state index is -0.531. The van der Waals surface area contributed by atoms with Gasteiger partial charge >= 0.3 is 0 Å². The maximum atomic E-state index is 13.1. The monoisotopic (exact) mass is 192 g/mol. The third kappa shape index (κ3) is 1.19. The fourth-order valence-corrected chi connectivity index (χ4v) is 1.27. The lowest BCUT2D eigenvalue weighted by Crippen LogP contribution is -2.05. The molecular formula is C9H5FN2O2. The van der Waals surface area contributed by atoms with E-state index < -0.39 is 11.4 Å². The van der Waals surface area contributed by atoms with E-state index >= 15 is 0 Å². The van der Waals surface area contributed by atoms with Crippen LogP contribution in [0.25, 0.3) is 10.8 Å². The highest BCUT2D eigenvalue weighted by molar-refractivity contribution is 5.84. The van der Waals surface area contributed by atoms with E-state index in [-0.39, 0.29) is 16.5 Å². The van der Waals surface area contributed by atoms with Crippen LogP contribution in [0.2, 0.25) is 0 Å². The molecule has 0 amide bonds. The third-order valence-corrected chi connectivity index (χ3v) is 1.94. The van der Waals surface area contributed by atoms with Crippen LogP contribution in [-0.2, 0) is 0 Å². The number of nitroso groups, excluding NO2 is 1. The number of H-pyrrole nitrogens is 1. The van der Waals surface area contributed by atoms with Crippen LogP contribution in [-0.4, -0.2) is 4.98 Å². The molecule has 1 heterocycles. The number of nitrogens with one attached hydrogen (secondary N) is 1. The third-order valence-electron chi connectivity index (χ3n) is 1.94. The molecule has 0 aliphatic carbocycles. The molecule has 0 fully saturated rings. The summed E-state index contributed by atoms with van der Waals surface area (Å²) in [5.41, 5.74) is -0.333. The Morgan fingerprint density at radius 2 is 2.07 bits per heavy atom. The number of hydrogen-bond donors (Lipinski definition) is 1. The van der Waals surface area contributed by atoms with E-state index in [1.165, 1.54) is 18.2 Å². The Bertz CT molecular complexity index is 562. The topological polar surface area (TPSA) is 62.3 Å². The van der Waals surface area contributed by atoms with Gasteiger partial charge in [0.15, 0.2) is 0 Å². The molecule has 0 saturated heterocycles. The molecule has 14 heavy (non-hydrogen) atoms. The fourth-order valence-electron chi connectivity index (χ4n) is 1.27. The molecule has 1 aromatic carbocycles. The van der Waals surface area contributed by atoms with Crippen molar-refractivity contribution in [1.29, 1.82) is 0 Å². The average molecular weight is 192 g/mol. The predicted molar refractivity (Wildman–Crippen MR) is 50.0 cm³/mol. The molecule has 0 bridgehead atoms. The highest BCUT2D eigenvalue weighted by atomic mass is 19.1. The highest BCUT2D eigenvalue weighted by Gasteiger charge is 2.04. The zero-order valence-corrected chi connectivity index (χ0v) is 6.95. The van der Waals surface area contributed by atoms with Crippen LogP contribution in [0.15, 0.2) is 34.4 Å². The van der Waals surface area contributed by atoms with Crippen molar-refractivity contribution in [1.82, 2.24) is 4.98 Å². The molecule has 2 aromatic rings. The number of benzene rings is 1. The lowest BCUT2D eigenvalue weighted by molar-refractivity contribution is 0.633. The number of nitrogens with zero attached hydrogens (tertiary/aromatic N) is 1. The van der Waals surface area contributed by atoms with Crippen LogP contribution in [0, 0.1) is 10.7 Å². The summed E-state index contributed by atoms with van der Waals surface area (Å²) >= 11 is 0. The molecule has 0 radical (unpaired) electrons. The van der Waals surface area contributed by atoms with E-state index in [1.54, 1.807) is 0 Å². The smallest absolute Gasteiger partial charge is 0.256 e. The van der Waals surface area contributed by atoms with Crippen LogP contribution >= 0.6 is 0 Å². The summed E-state index contributed by atoms with van der Waals surface area (Å²) in [6, 6.07) is 3.97. The second-order valence-corrected chi connectivity index (χ2v) is 2.79. The maximum Gasteiger partial charge on any atom is 0.256 e. The van der Waals surface area contributed by atoms with Gasteiger partial charge in [0.05, 0.1) is 5.39 Å². The van der Waals surface area contributed by atoms with Gasteiger partial charge in [0.2, 0.25) is 0 Å². The normalized spacial score (nSPS) is 10.4. The van der Waals surface area contributed by atoms with Crippen LogP contribution in [0.3, 0.4) is 0 Å². The van der Waals surface area contributed by atoms with Gasteiger partial charge in [-0.05, 0) is 23.4 Å². The summed E-state index contributed by atoms with van der Waals surface area (Å²) < 4.78 is 13.1. The number of aromatic amines is 1. The summed E-state index contributed by atoms with van der Waals surface area (Å²) in [4.78, 5) is 23.6. The number of hydrogen-bond acceptors (Lipinski definition) is 3. The van der Waals surface area contributed by atoms with E-state index in [0.29, 0.717) is 0 Å². The van der Waals surface area contributed by atoms with Crippen molar-refractivity contribution in [3.8, 4) is 0 Å². The summed E-state index contributed by atoms with van der Waals surface area (Å²) in [5, 5.41) is 2.97. The van der Waals surface area contributed by atoms with Gasteiger partial charge in [-0.3, -0.25) is 4.79 Å². The van der Waals surface area contributed by atoms with Gasteiger partial charge < -0.3 is 4.98 Å². The van der Waals surface area contributed by atoms with Crippen molar-refractivity contribution in [2.24, 2.45) is 5.18 Å². The molecule has 1 aromatic heterocycles. The minimum Gasteiger partial charge on any atom is -0.326 e. The Labute approximate surface area is 77.4 Å². The van der Waals surface area contributed by atoms with Crippen molar-refractivity contribution < 1.29 is 4.39 Å². The Morgan fingerprint density at radius 3 is 2.79 bits per heavy atom. The first-order chi connectivity index (χ1) is 6.72. The predicted octanol–water partition coefficient (Wildman–Crippen LogP) is 2.07. The van der Waals surface area contributed by atoms with Crippen LogP contribution in [0.5, 0.6) is 0 Å². The first-order valence-electron chi connectivity index (χ1n) is 3.86. The average Bonchev–Trinajstić information content (AvgIpc) is 2.23. The highest BCUT2D eigenvalue weighted by Crippen LogP contribution is 2.19. The Kier molecular flexibility index (Phi) is 1.85. The Morgan fingerprint density at radius 1 is 1.29 bits per heavy atom. The van der Waals surface area contributed by atoms with Gasteiger partial charge in [-0.2, -0.15) is 0 Å². The Balaban J connectivity index is 2.94. The Hall–Kier alpha value is -2.04. The van der Waals surface area contributed by atoms with Crippen LogP contribution in [0.1, 0.15) is 0 Å². The molecule has 4 nitrogen and oxygen atoms in total. The molecule has 0 saturated carbocycles. The van der Waals surface area contributed by atoms with Gasteiger partial charge in [-0.15, -0.1) is 4.91 Å². The van der Waals surface area contributed by atoms with Crippen molar-refractivity contribution in [2.75, 3.05) is 0 Å². The zero-order chi connectivity index (χ0) is 10.1. The van der Waals surface area contributed by atoms with Gasteiger partial charge in [0.25, 0.3) is 5.56 Å². The first kappa shape index (κ1) is 8.55. The van der Waals surface area contributed by atoms with Gasteiger partial charge in [-0.1, -0.05) is 0 Å². The quantitative estimate of drug-likeness (QED) is 0.703. The molecule has 0 aliphatic heterocycles. The van der Waals surface area contributed by atoms with Crippen molar-refractivity contribution in [3.63, 3.8) is 0 Å². The largest absolute Gasteiger partial charge is 0.326 e.